The molecular formula is C25H23F3N4O3. The van der Waals surface area contributed by atoms with E-state index in [2.05, 4.69) is 17.2 Å². The summed E-state index contributed by atoms with van der Waals surface area (Å²) in [4.78, 5) is 25.3. The number of nitrogens with zero attached hydrogens (tertiary/aromatic N) is 2. The zero-order chi connectivity index (χ0) is 25.8. The summed E-state index contributed by atoms with van der Waals surface area (Å²) in [5.74, 6) is -0.0510. The van der Waals surface area contributed by atoms with Crippen LogP contribution in [0.2, 0.25) is 0 Å². The van der Waals surface area contributed by atoms with E-state index < -0.39 is 23.8 Å². The minimum atomic E-state index is -4.58. The van der Waals surface area contributed by atoms with Crippen LogP contribution in [0.5, 0.6) is 0 Å². The summed E-state index contributed by atoms with van der Waals surface area (Å²) < 4.78 is 45.6. The number of amides is 3. The number of urea groups is 1. The summed E-state index contributed by atoms with van der Waals surface area (Å²) >= 11 is 0. The van der Waals surface area contributed by atoms with Crippen molar-refractivity contribution in [2.24, 2.45) is 0 Å². The molecule has 35 heavy (non-hydrogen) atoms. The van der Waals surface area contributed by atoms with Crippen LogP contribution in [0.1, 0.15) is 36.6 Å². The molecule has 0 aromatic heterocycles. The molecule has 0 aliphatic carbocycles. The average Bonchev–Trinajstić information content (AvgIpc) is 2.81. The highest BCUT2D eigenvalue weighted by atomic mass is 19.4. The quantitative estimate of drug-likeness (QED) is 0.437. The first-order valence-electron chi connectivity index (χ1n) is 10.6. The minimum Gasteiger partial charge on any atom is -0.492 e. The first-order chi connectivity index (χ1) is 16.5. The van der Waals surface area contributed by atoms with Crippen LogP contribution in [0.3, 0.4) is 0 Å². The van der Waals surface area contributed by atoms with E-state index in [-0.39, 0.29) is 30.5 Å². The SMILES string of the molecule is C=C(OCCNC(C)=O)C1=C(C)N(c2cccc(C(F)(F)F)c2)C(=O)NC1c1ccc(C#N)cc1. The van der Waals surface area contributed by atoms with E-state index in [4.69, 9.17) is 10.00 Å². The van der Waals surface area contributed by atoms with Gasteiger partial charge in [0.05, 0.1) is 35.5 Å². The molecule has 0 fully saturated rings. The van der Waals surface area contributed by atoms with E-state index in [1.165, 1.54) is 19.1 Å². The second kappa shape index (κ2) is 10.3. The maximum Gasteiger partial charge on any atom is 0.416 e. The van der Waals surface area contributed by atoms with Gasteiger partial charge in [0.25, 0.3) is 0 Å². The van der Waals surface area contributed by atoms with Crippen molar-refractivity contribution in [1.29, 1.82) is 5.26 Å². The van der Waals surface area contributed by atoms with Crippen molar-refractivity contribution in [3.05, 3.63) is 88.8 Å². The van der Waals surface area contributed by atoms with Gasteiger partial charge in [-0.3, -0.25) is 9.69 Å². The largest absolute Gasteiger partial charge is 0.492 e. The molecule has 10 heteroatoms. The first-order valence-corrected chi connectivity index (χ1v) is 10.6. The van der Waals surface area contributed by atoms with Crippen molar-refractivity contribution >= 4 is 17.6 Å². The third kappa shape index (κ3) is 5.81. The summed E-state index contributed by atoms with van der Waals surface area (Å²) in [5, 5.41) is 14.5. The highest BCUT2D eigenvalue weighted by Crippen LogP contribution is 2.38. The van der Waals surface area contributed by atoms with Crippen LogP contribution in [0, 0.1) is 11.3 Å². The molecule has 1 unspecified atom stereocenters. The monoisotopic (exact) mass is 484 g/mol. The lowest BCUT2D eigenvalue weighted by Crippen LogP contribution is -2.47. The molecule has 1 heterocycles. The Morgan fingerprint density at radius 1 is 1.26 bits per heavy atom. The number of rotatable bonds is 7. The molecule has 0 saturated heterocycles. The third-order valence-corrected chi connectivity index (χ3v) is 5.34. The standard InChI is InChI=1S/C25H23F3N4O3/c1-15-22(16(2)35-12-11-30-17(3)33)23(19-9-7-18(14-29)8-10-19)31-24(34)32(15)21-6-4-5-20(13-21)25(26,27)28/h4-10,13,23H,2,11-12H2,1,3H3,(H,30,33)(H,31,34). The van der Waals surface area contributed by atoms with Crippen LogP contribution in [-0.2, 0) is 15.7 Å². The van der Waals surface area contributed by atoms with Crippen LogP contribution in [0.15, 0.2) is 72.1 Å². The van der Waals surface area contributed by atoms with Crippen molar-refractivity contribution in [2.45, 2.75) is 26.1 Å². The molecule has 0 saturated carbocycles. The minimum absolute atomic E-state index is 0.0247. The molecule has 1 aliphatic rings. The molecule has 3 rings (SSSR count). The Kier molecular flexibility index (Phi) is 7.49. The first kappa shape index (κ1) is 25.4. The molecule has 0 radical (unpaired) electrons. The van der Waals surface area contributed by atoms with Crippen LogP contribution >= 0.6 is 0 Å². The zero-order valence-corrected chi connectivity index (χ0v) is 19.1. The fraction of sp³-hybridized carbons (Fsp3) is 0.240. The highest BCUT2D eigenvalue weighted by molar-refractivity contribution is 5.97. The van der Waals surface area contributed by atoms with E-state index in [0.717, 1.165) is 17.0 Å². The Morgan fingerprint density at radius 2 is 1.94 bits per heavy atom. The Balaban J connectivity index is 2.04. The van der Waals surface area contributed by atoms with Gasteiger partial charge in [0.1, 0.15) is 12.4 Å². The lowest BCUT2D eigenvalue weighted by atomic mass is 9.93. The summed E-state index contributed by atoms with van der Waals surface area (Å²) in [7, 11) is 0. The Bertz CT molecular complexity index is 1210. The number of nitriles is 1. The van der Waals surface area contributed by atoms with Crippen molar-refractivity contribution in [3.8, 4) is 6.07 Å². The van der Waals surface area contributed by atoms with E-state index in [1.54, 1.807) is 31.2 Å². The summed E-state index contributed by atoms with van der Waals surface area (Å²) in [6.45, 7) is 7.22. The number of hydrogen-bond donors (Lipinski definition) is 2. The number of carbonyl (C=O) groups is 2. The van der Waals surface area contributed by atoms with Crippen molar-refractivity contribution in [1.82, 2.24) is 10.6 Å². The van der Waals surface area contributed by atoms with Gasteiger partial charge in [-0.2, -0.15) is 18.4 Å². The molecule has 2 aromatic carbocycles. The predicted molar refractivity (Wildman–Crippen MR) is 123 cm³/mol. The maximum atomic E-state index is 13.3. The lowest BCUT2D eigenvalue weighted by Gasteiger charge is -2.37. The number of halogens is 3. The number of alkyl halides is 3. The molecule has 3 amide bonds. The highest BCUT2D eigenvalue weighted by Gasteiger charge is 2.36. The molecule has 1 atom stereocenters. The fourth-order valence-electron chi connectivity index (χ4n) is 3.72. The van der Waals surface area contributed by atoms with E-state index >= 15 is 0 Å². The fourth-order valence-corrected chi connectivity index (χ4v) is 3.72. The second-order valence-electron chi connectivity index (χ2n) is 7.75. The number of benzene rings is 2. The summed E-state index contributed by atoms with van der Waals surface area (Å²) in [5.41, 5.74) is 0.950. The van der Waals surface area contributed by atoms with E-state index in [1.807, 2.05) is 6.07 Å². The summed E-state index contributed by atoms with van der Waals surface area (Å²) in [6, 6.07) is 11.6. The van der Waals surface area contributed by atoms with Crippen LogP contribution in [-0.4, -0.2) is 25.1 Å². The lowest BCUT2D eigenvalue weighted by molar-refractivity contribution is -0.137. The molecule has 0 spiro atoms. The normalized spacial score (nSPS) is 15.8. The van der Waals surface area contributed by atoms with Gasteiger partial charge in [0, 0.05) is 18.2 Å². The van der Waals surface area contributed by atoms with Gasteiger partial charge in [-0.15, -0.1) is 0 Å². The van der Waals surface area contributed by atoms with Gasteiger partial charge in [-0.05, 0) is 42.8 Å². The van der Waals surface area contributed by atoms with Gasteiger partial charge < -0.3 is 15.4 Å². The van der Waals surface area contributed by atoms with Gasteiger partial charge in [0.2, 0.25) is 5.91 Å². The van der Waals surface area contributed by atoms with Crippen molar-refractivity contribution < 1.29 is 27.5 Å². The molecule has 1 aliphatic heterocycles. The Hall–Kier alpha value is -4.26. The maximum absolute atomic E-state index is 13.3. The molecular weight excluding hydrogens is 461 g/mol. The van der Waals surface area contributed by atoms with Gasteiger partial charge >= 0.3 is 12.2 Å². The number of nitrogens with one attached hydrogen (secondary N) is 2. The van der Waals surface area contributed by atoms with Crippen molar-refractivity contribution in [3.63, 3.8) is 0 Å². The Labute approximate surface area is 200 Å². The number of hydrogen-bond acceptors (Lipinski definition) is 4. The van der Waals surface area contributed by atoms with Crippen LogP contribution in [0.25, 0.3) is 0 Å². The number of allylic oxidation sites excluding steroid dienone is 1. The predicted octanol–water partition coefficient (Wildman–Crippen LogP) is 4.79. The number of carbonyl (C=O) groups excluding carboxylic acids is 2. The van der Waals surface area contributed by atoms with Gasteiger partial charge in [-0.25, -0.2) is 4.79 Å². The summed E-state index contributed by atoms with van der Waals surface area (Å²) in [6.07, 6.45) is -4.58. The second-order valence-corrected chi connectivity index (χ2v) is 7.75. The molecule has 2 aromatic rings. The van der Waals surface area contributed by atoms with E-state index in [0.29, 0.717) is 22.4 Å². The molecule has 0 bridgehead atoms. The molecule has 7 nitrogen and oxygen atoms in total. The number of ether oxygens (including phenoxy) is 1. The molecule has 182 valence electrons. The molecule has 2 N–H and O–H groups in total. The topological polar surface area (TPSA) is 94.5 Å². The third-order valence-electron chi connectivity index (χ3n) is 5.34. The van der Waals surface area contributed by atoms with Crippen molar-refractivity contribution in [2.75, 3.05) is 18.1 Å². The zero-order valence-electron chi connectivity index (χ0n) is 19.1. The Morgan fingerprint density at radius 3 is 2.54 bits per heavy atom. The smallest absolute Gasteiger partial charge is 0.416 e. The average molecular weight is 484 g/mol. The van der Waals surface area contributed by atoms with Crippen LogP contribution in [0.4, 0.5) is 23.7 Å². The van der Waals surface area contributed by atoms with Crippen LogP contribution < -0.4 is 15.5 Å². The van der Waals surface area contributed by atoms with E-state index in [9.17, 15) is 22.8 Å². The number of anilines is 1. The van der Waals surface area contributed by atoms with Gasteiger partial charge in [0.15, 0.2) is 0 Å². The van der Waals surface area contributed by atoms with Gasteiger partial charge in [-0.1, -0.05) is 24.8 Å².